The number of carbonyl (C=O) groups is 1. The lowest BCUT2D eigenvalue weighted by molar-refractivity contribution is 0.0795. The molecule has 0 bridgehead atoms. The van der Waals surface area contributed by atoms with Crippen molar-refractivity contribution in [2.24, 2.45) is 0 Å². The summed E-state index contributed by atoms with van der Waals surface area (Å²) in [7, 11) is -2.87. The van der Waals surface area contributed by atoms with Crippen molar-refractivity contribution in [1.29, 1.82) is 0 Å². The van der Waals surface area contributed by atoms with Crippen LogP contribution in [0.15, 0.2) is 30.3 Å². The van der Waals surface area contributed by atoms with E-state index in [-0.39, 0.29) is 23.4 Å². The molecule has 0 unspecified atom stereocenters. The molecule has 2 aromatic rings. The van der Waals surface area contributed by atoms with Crippen LogP contribution in [0.5, 0.6) is 0 Å². The smallest absolute Gasteiger partial charge is 0.178 e. The van der Waals surface area contributed by atoms with E-state index in [1.165, 1.54) is 12.1 Å². The Balaban J connectivity index is 1.32. The zero-order chi connectivity index (χ0) is 22.9. The highest BCUT2D eigenvalue weighted by Crippen LogP contribution is 2.21. The Morgan fingerprint density at radius 3 is 2.41 bits per heavy atom. The number of hydrogen-bond acceptors (Lipinski definition) is 5. The molecule has 0 amide bonds. The SMILES string of the molecule is Cc1cc(C(=O)CN2CCN([C@@H]3CCS(=O)(=O)C3)CC2)c(C)n1CCc1ccc(F)cc1. The Morgan fingerprint density at radius 1 is 1.09 bits per heavy atom. The van der Waals surface area contributed by atoms with Crippen LogP contribution in [0.25, 0.3) is 0 Å². The highest BCUT2D eigenvalue weighted by molar-refractivity contribution is 7.91. The van der Waals surface area contributed by atoms with Gasteiger partial charge in [0.25, 0.3) is 0 Å². The topological polar surface area (TPSA) is 62.6 Å². The third-order valence-corrected chi connectivity index (χ3v) is 8.66. The molecule has 0 radical (unpaired) electrons. The molecule has 3 heterocycles. The third kappa shape index (κ3) is 5.30. The summed E-state index contributed by atoms with van der Waals surface area (Å²) in [4.78, 5) is 17.5. The maximum atomic E-state index is 13.1. The minimum Gasteiger partial charge on any atom is -0.348 e. The summed E-state index contributed by atoms with van der Waals surface area (Å²) in [5, 5.41) is 0. The number of carbonyl (C=O) groups excluding carboxylic acids is 1. The highest BCUT2D eigenvalue weighted by Gasteiger charge is 2.34. The van der Waals surface area contributed by atoms with Gasteiger partial charge in [0, 0.05) is 55.7 Å². The van der Waals surface area contributed by atoms with Gasteiger partial charge in [0.15, 0.2) is 15.6 Å². The van der Waals surface area contributed by atoms with E-state index in [0.29, 0.717) is 12.3 Å². The van der Waals surface area contributed by atoms with Crippen LogP contribution in [0.4, 0.5) is 4.39 Å². The average Bonchev–Trinajstić information content (AvgIpc) is 3.26. The van der Waals surface area contributed by atoms with Gasteiger partial charge in [-0.1, -0.05) is 12.1 Å². The molecule has 1 aromatic heterocycles. The van der Waals surface area contributed by atoms with Gasteiger partial charge >= 0.3 is 0 Å². The molecule has 174 valence electrons. The number of aryl methyl sites for hydroxylation is 2. The Labute approximate surface area is 189 Å². The molecule has 0 aliphatic carbocycles. The Hall–Kier alpha value is -2.03. The molecular weight excluding hydrogens is 429 g/mol. The summed E-state index contributed by atoms with van der Waals surface area (Å²) >= 11 is 0. The number of benzene rings is 1. The monoisotopic (exact) mass is 461 g/mol. The second kappa shape index (κ2) is 9.45. The lowest BCUT2D eigenvalue weighted by Crippen LogP contribution is -2.51. The lowest BCUT2D eigenvalue weighted by Gasteiger charge is -2.37. The van der Waals surface area contributed by atoms with Crippen LogP contribution in [0.3, 0.4) is 0 Å². The van der Waals surface area contributed by atoms with Crippen LogP contribution in [0.1, 0.15) is 33.7 Å². The fourth-order valence-corrected chi connectivity index (χ4v) is 6.72. The summed E-state index contributed by atoms with van der Waals surface area (Å²) in [6, 6.07) is 8.67. The van der Waals surface area contributed by atoms with Crippen molar-refractivity contribution in [3.8, 4) is 0 Å². The van der Waals surface area contributed by atoms with Gasteiger partial charge in [-0.25, -0.2) is 12.8 Å². The summed E-state index contributed by atoms with van der Waals surface area (Å²) < 4.78 is 38.8. The predicted octanol–water partition coefficient (Wildman–Crippen LogP) is 2.47. The van der Waals surface area contributed by atoms with Crippen LogP contribution in [-0.2, 0) is 22.8 Å². The van der Waals surface area contributed by atoms with E-state index in [1.807, 2.05) is 19.9 Å². The molecule has 1 atom stereocenters. The fraction of sp³-hybridized carbons (Fsp3) is 0.542. The molecule has 2 aliphatic heterocycles. The van der Waals surface area contributed by atoms with Gasteiger partial charge in [-0.15, -0.1) is 0 Å². The number of piperazine rings is 1. The molecule has 32 heavy (non-hydrogen) atoms. The standard InChI is InChI=1S/C24H32FN3O3S/c1-18-15-23(19(2)28(18)9-7-20-3-5-21(25)6-4-20)24(29)16-26-10-12-27(13-11-26)22-8-14-32(30,31)17-22/h3-6,15,22H,7-14,16-17H2,1-2H3/t22-/m1/s1. The summed E-state index contributed by atoms with van der Waals surface area (Å²) in [5.74, 6) is 0.468. The molecule has 6 nitrogen and oxygen atoms in total. The van der Waals surface area contributed by atoms with E-state index in [1.54, 1.807) is 12.1 Å². The number of nitrogens with zero attached hydrogens (tertiary/aromatic N) is 3. The maximum absolute atomic E-state index is 13.1. The van der Waals surface area contributed by atoms with E-state index in [9.17, 15) is 17.6 Å². The van der Waals surface area contributed by atoms with Crippen molar-refractivity contribution < 1.29 is 17.6 Å². The van der Waals surface area contributed by atoms with Crippen LogP contribution >= 0.6 is 0 Å². The largest absolute Gasteiger partial charge is 0.348 e. The number of aromatic nitrogens is 1. The number of halogens is 1. The fourth-order valence-electron chi connectivity index (χ4n) is 4.96. The second-order valence-electron chi connectivity index (χ2n) is 9.11. The summed E-state index contributed by atoms with van der Waals surface area (Å²) in [5.41, 5.74) is 3.87. The number of Topliss-reactive ketones (excluding diaryl/α,β-unsaturated/α-hetero) is 1. The van der Waals surface area contributed by atoms with Crippen molar-refractivity contribution in [1.82, 2.24) is 14.4 Å². The number of rotatable bonds is 7. The molecule has 0 saturated carbocycles. The quantitative estimate of drug-likeness (QED) is 0.593. The zero-order valence-corrected chi connectivity index (χ0v) is 19.7. The Kier molecular flexibility index (Phi) is 6.83. The van der Waals surface area contributed by atoms with Gasteiger partial charge in [0.2, 0.25) is 0 Å². The molecular formula is C24H32FN3O3S. The minimum atomic E-state index is -2.87. The summed E-state index contributed by atoms with van der Waals surface area (Å²) in [6.45, 7) is 8.33. The Morgan fingerprint density at radius 2 is 1.78 bits per heavy atom. The van der Waals surface area contributed by atoms with Crippen LogP contribution in [0, 0.1) is 19.7 Å². The first kappa shape index (κ1) is 23.1. The normalized spacial score (nSPS) is 21.8. The van der Waals surface area contributed by atoms with E-state index >= 15 is 0 Å². The maximum Gasteiger partial charge on any atom is 0.178 e. The molecule has 1 aromatic carbocycles. The van der Waals surface area contributed by atoms with Crippen LogP contribution in [-0.4, -0.2) is 78.8 Å². The third-order valence-electron chi connectivity index (χ3n) is 6.91. The molecule has 2 fully saturated rings. The molecule has 4 rings (SSSR count). The zero-order valence-electron chi connectivity index (χ0n) is 18.9. The van der Waals surface area contributed by atoms with Crippen LogP contribution in [0.2, 0.25) is 0 Å². The second-order valence-corrected chi connectivity index (χ2v) is 11.3. The van der Waals surface area contributed by atoms with Gasteiger partial charge in [-0.3, -0.25) is 14.6 Å². The van der Waals surface area contributed by atoms with Crippen molar-refractivity contribution in [2.45, 2.75) is 39.3 Å². The lowest BCUT2D eigenvalue weighted by atomic mass is 10.1. The Bertz CT molecular complexity index is 1070. The van der Waals surface area contributed by atoms with Crippen molar-refractivity contribution >= 4 is 15.6 Å². The van der Waals surface area contributed by atoms with E-state index in [0.717, 1.165) is 68.1 Å². The van der Waals surface area contributed by atoms with E-state index < -0.39 is 9.84 Å². The van der Waals surface area contributed by atoms with E-state index in [4.69, 9.17) is 0 Å². The molecule has 2 saturated heterocycles. The number of hydrogen-bond donors (Lipinski definition) is 0. The van der Waals surface area contributed by atoms with E-state index in [2.05, 4.69) is 14.4 Å². The molecule has 0 N–H and O–H groups in total. The van der Waals surface area contributed by atoms with Crippen molar-refractivity contribution in [3.63, 3.8) is 0 Å². The summed E-state index contributed by atoms with van der Waals surface area (Å²) in [6.07, 6.45) is 1.51. The van der Waals surface area contributed by atoms with Gasteiger partial charge in [0.1, 0.15) is 5.82 Å². The number of ketones is 1. The number of sulfone groups is 1. The molecule has 8 heteroatoms. The first-order valence-electron chi connectivity index (χ1n) is 11.3. The highest BCUT2D eigenvalue weighted by atomic mass is 32.2. The first-order chi connectivity index (χ1) is 15.2. The predicted molar refractivity (Wildman–Crippen MR) is 123 cm³/mol. The van der Waals surface area contributed by atoms with Crippen LogP contribution < -0.4 is 0 Å². The first-order valence-corrected chi connectivity index (χ1v) is 13.2. The minimum absolute atomic E-state index is 0.128. The van der Waals surface area contributed by atoms with Gasteiger partial charge < -0.3 is 4.57 Å². The van der Waals surface area contributed by atoms with Gasteiger partial charge in [0.05, 0.1) is 18.1 Å². The van der Waals surface area contributed by atoms with Gasteiger partial charge in [-0.2, -0.15) is 0 Å². The molecule has 0 spiro atoms. The van der Waals surface area contributed by atoms with Crippen molar-refractivity contribution in [3.05, 3.63) is 58.7 Å². The molecule has 2 aliphatic rings. The van der Waals surface area contributed by atoms with Gasteiger partial charge in [-0.05, 0) is 50.5 Å². The van der Waals surface area contributed by atoms with Crippen molar-refractivity contribution in [2.75, 3.05) is 44.2 Å². The average molecular weight is 462 g/mol.